The Hall–Kier alpha value is -1.21. The molecule has 116 valence electrons. The zero-order valence-corrected chi connectivity index (χ0v) is 15.2. The van der Waals surface area contributed by atoms with Crippen LogP contribution in [0.15, 0.2) is 86.0 Å². The molecule has 0 aliphatic carbocycles. The summed E-state index contributed by atoms with van der Waals surface area (Å²) >= 11 is 2.84. The predicted molar refractivity (Wildman–Crippen MR) is 96.9 cm³/mol. The molecule has 2 aromatic carbocycles. The molecular weight excluding hydrogens is 356 g/mol. The van der Waals surface area contributed by atoms with E-state index in [9.17, 15) is 4.89 Å². The van der Waals surface area contributed by atoms with Gasteiger partial charge in [-0.3, -0.25) is 0 Å². The van der Waals surface area contributed by atoms with Gasteiger partial charge in [0, 0.05) is 0 Å². The average Bonchev–Trinajstić information content (AvgIpc) is 2.58. The minimum atomic E-state index is -2.52. The number of quaternary nitrogens is 1. The molecule has 0 heterocycles. The van der Waals surface area contributed by atoms with Crippen LogP contribution in [0.3, 0.4) is 0 Å². The van der Waals surface area contributed by atoms with Crippen LogP contribution in [0.1, 0.15) is 0 Å². The first kappa shape index (κ1) is 18.8. The summed E-state index contributed by atoms with van der Waals surface area (Å²) in [6.07, 6.45) is 3.76. The molecule has 0 bridgehead atoms. The van der Waals surface area contributed by atoms with E-state index >= 15 is 0 Å². The van der Waals surface area contributed by atoms with Crippen LogP contribution in [0.2, 0.25) is 0 Å². The third kappa shape index (κ3) is 6.27. The summed E-state index contributed by atoms with van der Waals surface area (Å²) in [6, 6.07) is 19.0. The molecule has 2 rings (SSSR count). The zero-order valence-electron chi connectivity index (χ0n) is 12.6. The molecule has 0 unspecified atom stereocenters. The second-order valence-corrected chi connectivity index (χ2v) is 9.93. The molecule has 0 aliphatic rings. The fraction of sp³-hybridized carbons (Fsp3) is 0.111. The maximum absolute atomic E-state index is 12.6. The molecular formula is C18H22NOPSe. The van der Waals surface area contributed by atoms with Crippen molar-refractivity contribution in [2.75, 3.05) is 13.1 Å². The molecule has 0 atom stereocenters. The van der Waals surface area contributed by atoms with E-state index in [0.29, 0.717) is 0 Å². The van der Waals surface area contributed by atoms with Crippen LogP contribution in [0.5, 0.6) is 0 Å². The molecule has 2 nitrogen and oxygen atoms in total. The van der Waals surface area contributed by atoms with Crippen LogP contribution in [0, 0.1) is 0 Å². The summed E-state index contributed by atoms with van der Waals surface area (Å²) in [4.78, 5) is 12.6. The van der Waals surface area contributed by atoms with E-state index in [4.69, 9.17) is 0 Å². The van der Waals surface area contributed by atoms with Gasteiger partial charge in [0.05, 0.1) is 13.1 Å². The Morgan fingerprint density at radius 3 is 1.55 bits per heavy atom. The van der Waals surface area contributed by atoms with Crippen LogP contribution in [-0.4, -0.2) is 28.2 Å². The first-order valence-electron chi connectivity index (χ1n) is 7.08. The molecule has 0 saturated heterocycles. The maximum atomic E-state index is 12.6. The monoisotopic (exact) mass is 379 g/mol. The fourth-order valence-electron chi connectivity index (χ4n) is 1.73. The van der Waals surface area contributed by atoms with E-state index in [-0.39, 0.29) is 0 Å². The molecule has 0 fully saturated rings. The SMILES string of the molecule is C=CC[NH2+]CC=C.[O-]P(=[Se])(c1ccccc1)c1ccccc1. The second kappa shape index (κ2) is 10.5. The first-order chi connectivity index (χ1) is 10.6. The van der Waals surface area contributed by atoms with E-state index in [1.54, 1.807) is 0 Å². The molecule has 0 spiro atoms. The Morgan fingerprint density at radius 1 is 0.864 bits per heavy atom. The van der Waals surface area contributed by atoms with Crippen molar-refractivity contribution in [3.63, 3.8) is 0 Å². The Kier molecular flexibility index (Phi) is 8.99. The molecule has 2 aromatic rings. The summed E-state index contributed by atoms with van der Waals surface area (Å²) in [7, 11) is 0. The summed E-state index contributed by atoms with van der Waals surface area (Å²) in [5, 5.41) is 3.84. The Bertz CT molecular complexity index is 562. The van der Waals surface area contributed by atoms with Gasteiger partial charge < -0.3 is 5.32 Å². The van der Waals surface area contributed by atoms with Gasteiger partial charge >= 0.3 is 97.0 Å². The number of rotatable bonds is 6. The second-order valence-electron chi connectivity index (χ2n) is 4.56. The summed E-state index contributed by atoms with van der Waals surface area (Å²) in [6.45, 7) is 9.12. The number of nitrogens with two attached hydrogens (primary N) is 1. The van der Waals surface area contributed by atoms with Crippen LogP contribution in [-0.2, 0) is 0 Å². The van der Waals surface area contributed by atoms with Gasteiger partial charge in [0.2, 0.25) is 0 Å². The molecule has 22 heavy (non-hydrogen) atoms. The van der Waals surface area contributed by atoms with Crippen LogP contribution in [0.4, 0.5) is 0 Å². The zero-order chi connectivity index (χ0) is 16.3. The van der Waals surface area contributed by atoms with Gasteiger partial charge in [0.25, 0.3) is 0 Å². The van der Waals surface area contributed by atoms with Gasteiger partial charge in [-0.05, 0) is 12.2 Å². The average molecular weight is 378 g/mol. The summed E-state index contributed by atoms with van der Waals surface area (Å²) in [5.41, 5.74) is -2.52. The quantitative estimate of drug-likeness (QED) is 0.346. The van der Waals surface area contributed by atoms with Crippen molar-refractivity contribution < 1.29 is 10.2 Å². The van der Waals surface area contributed by atoms with E-state index in [2.05, 4.69) is 33.6 Å². The van der Waals surface area contributed by atoms with Crippen molar-refractivity contribution in [1.29, 1.82) is 0 Å². The van der Waals surface area contributed by atoms with Crippen molar-refractivity contribution in [3.05, 3.63) is 86.0 Å². The van der Waals surface area contributed by atoms with E-state index < -0.39 is 5.74 Å². The molecule has 0 radical (unpaired) electrons. The number of hydrogen-bond donors (Lipinski definition) is 1. The Balaban J connectivity index is 0.000000295. The van der Waals surface area contributed by atoms with Crippen molar-refractivity contribution in [1.82, 2.24) is 0 Å². The number of benzene rings is 2. The van der Waals surface area contributed by atoms with Crippen molar-refractivity contribution in [2.45, 2.75) is 0 Å². The third-order valence-corrected chi connectivity index (χ3v) is 7.47. The van der Waals surface area contributed by atoms with Gasteiger partial charge in [-0.25, -0.2) is 0 Å². The Labute approximate surface area is 140 Å². The molecule has 0 amide bonds. The van der Waals surface area contributed by atoms with Crippen LogP contribution in [0.25, 0.3) is 0 Å². The van der Waals surface area contributed by atoms with Gasteiger partial charge in [-0.2, -0.15) is 0 Å². The van der Waals surface area contributed by atoms with Crippen molar-refractivity contribution in [3.8, 4) is 0 Å². The first-order valence-corrected chi connectivity index (χ1v) is 11.0. The van der Waals surface area contributed by atoms with E-state index in [1.807, 2.05) is 72.8 Å². The van der Waals surface area contributed by atoms with Gasteiger partial charge in [0.1, 0.15) is 0 Å². The molecule has 4 heteroatoms. The minimum absolute atomic E-state index is 0.858. The molecule has 0 aromatic heterocycles. The topological polar surface area (TPSA) is 39.7 Å². The molecule has 0 saturated carbocycles. The van der Waals surface area contributed by atoms with Crippen molar-refractivity contribution >= 4 is 31.4 Å². The van der Waals surface area contributed by atoms with Gasteiger partial charge in [-0.1, -0.05) is 13.2 Å². The van der Waals surface area contributed by atoms with Crippen LogP contribution < -0.4 is 20.8 Å². The van der Waals surface area contributed by atoms with E-state index in [0.717, 1.165) is 23.7 Å². The summed E-state index contributed by atoms with van der Waals surface area (Å²) in [5.74, 6) is 0. The third-order valence-electron chi connectivity index (χ3n) is 2.86. The van der Waals surface area contributed by atoms with E-state index in [1.165, 1.54) is 0 Å². The predicted octanol–water partition coefficient (Wildman–Crippen LogP) is 0.936. The molecule has 2 N–H and O–H groups in total. The normalized spacial score (nSPS) is 10.2. The van der Waals surface area contributed by atoms with Crippen molar-refractivity contribution in [2.24, 2.45) is 0 Å². The summed E-state index contributed by atoms with van der Waals surface area (Å²) < 4.78 is 0. The van der Waals surface area contributed by atoms with Gasteiger partial charge in [0.15, 0.2) is 0 Å². The molecule has 0 aliphatic heterocycles. The standard InChI is InChI=1S/C12H11OPSe.C6H11N/c13-14(15,11-7-3-1-4-8-11)12-9-5-2-6-10-12;1-3-5-7-6-4-2/h1-10H,(H,13,15);3-4,7H,1-2,5-6H2. The fourth-order valence-corrected chi connectivity index (χ4v) is 4.69. The van der Waals surface area contributed by atoms with Gasteiger partial charge in [-0.15, -0.1) is 0 Å². The van der Waals surface area contributed by atoms with Crippen LogP contribution >= 0.6 is 5.74 Å². The number of hydrogen-bond acceptors (Lipinski definition) is 1. The Morgan fingerprint density at radius 2 is 1.23 bits per heavy atom.